The highest BCUT2D eigenvalue weighted by Crippen LogP contribution is 2.16. The lowest BCUT2D eigenvalue weighted by Crippen LogP contribution is -2.25. The Morgan fingerprint density at radius 1 is 1.00 bits per heavy atom. The van der Waals surface area contributed by atoms with Crippen molar-refractivity contribution in [2.24, 2.45) is 5.92 Å². The Kier molecular flexibility index (Phi) is 6.10. The van der Waals surface area contributed by atoms with E-state index in [0.717, 1.165) is 11.1 Å². The van der Waals surface area contributed by atoms with E-state index < -0.39 is 11.9 Å². The Morgan fingerprint density at radius 3 is 2.30 bits per heavy atom. The minimum atomic E-state index is -0.696. The Bertz CT molecular complexity index is 662. The van der Waals surface area contributed by atoms with Gasteiger partial charge in [-0.25, -0.2) is 0 Å². The minimum Gasteiger partial charge on any atom is -0.460 e. The third-order valence-corrected chi connectivity index (χ3v) is 3.96. The molecule has 2 aromatic rings. The van der Waals surface area contributed by atoms with Crippen LogP contribution in [0.15, 0.2) is 54.6 Å². The van der Waals surface area contributed by atoms with Gasteiger partial charge in [0.05, 0.1) is 0 Å². The van der Waals surface area contributed by atoms with Gasteiger partial charge in [0.25, 0.3) is 0 Å². The zero-order valence-corrected chi connectivity index (χ0v) is 13.6. The predicted octanol–water partition coefficient (Wildman–Crippen LogP) is 3.88. The number of esters is 1. The van der Waals surface area contributed by atoms with Crippen molar-refractivity contribution in [2.75, 3.05) is 0 Å². The Balaban J connectivity index is 1.94. The topological polar surface area (TPSA) is 43.4 Å². The number of carbonyl (C=O) groups is 2. The number of hydrogen-bond donors (Lipinski definition) is 0. The van der Waals surface area contributed by atoms with E-state index in [-0.39, 0.29) is 12.4 Å². The molecule has 0 aromatic heterocycles. The summed E-state index contributed by atoms with van der Waals surface area (Å²) in [5.74, 6) is -1.27. The van der Waals surface area contributed by atoms with E-state index in [4.69, 9.17) is 4.74 Å². The largest absolute Gasteiger partial charge is 0.460 e. The van der Waals surface area contributed by atoms with Gasteiger partial charge >= 0.3 is 5.97 Å². The van der Waals surface area contributed by atoms with Crippen molar-refractivity contribution < 1.29 is 14.3 Å². The van der Waals surface area contributed by atoms with Crippen molar-refractivity contribution in [3.05, 3.63) is 71.3 Å². The van der Waals surface area contributed by atoms with E-state index in [9.17, 15) is 9.59 Å². The molecule has 0 amide bonds. The van der Waals surface area contributed by atoms with Crippen LogP contribution in [-0.4, -0.2) is 11.8 Å². The molecule has 0 bridgehead atoms. The molecule has 0 aliphatic heterocycles. The van der Waals surface area contributed by atoms with Crippen LogP contribution >= 0.6 is 0 Å². The lowest BCUT2D eigenvalue weighted by molar-refractivity contribution is -0.153. The number of aryl methyl sites for hydroxylation is 2. The Labute approximate surface area is 137 Å². The zero-order valence-electron chi connectivity index (χ0n) is 13.6. The van der Waals surface area contributed by atoms with Crippen LogP contribution < -0.4 is 0 Å². The Hall–Kier alpha value is -2.42. The van der Waals surface area contributed by atoms with Crippen molar-refractivity contribution >= 4 is 11.8 Å². The normalized spacial score (nSPS) is 11.7. The molecule has 0 heterocycles. The average molecular weight is 310 g/mol. The molecular formula is C20H22O3. The highest BCUT2D eigenvalue weighted by Gasteiger charge is 2.24. The van der Waals surface area contributed by atoms with Crippen molar-refractivity contribution in [3.63, 3.8) is 0 Å². The molecule has 0 aliphatic rings. The maximum Gasteiger partial charge on any atom is 0.316 e. The molecule has 0 saturated carbocycles. The van der Waals surface area contributed by atoms with Crippen molar-refractivity contribution in [1.82, 2.24) is 0 Å². The smallest absolute Gasteiger partial charge is 0.316 e. The van der Waals surface area contributed by atoms with Gasteiger partial charge in [0.15, 0.2) is 0 Å². The highest BCUT2D eigenvalue weighted by atomic mass is 16.5. The SMILES string of the molecule is CC(=O)C(CCc1ccccc1C)C(=O)OCc1ccccc1. The second-order valence-corrected chi connectivity index (χ2v) is 5.72. The molecule has 120 valence electrons. The van der Waals surface area contributed by atoms with Gasteiger partial charge < -0.3 is 4.74 Å². The minimum absolute atomic E-state index is 0.142. The monoisotopic (exact) mass is 310 g/mol. The summed E-state index contributed by atoms with van der Waals surface area (Å²) in [5.41, 5.74) is 3.25. The molecule has 0 N–H and O–H groups in total. The van der Waals surface area contributed by atoms with Crippen LogP contribution in [0.2, 0.25) is 0 Å². The van der Waals surface area contributed by atoms with E-state index in [1.54, 1.807) is 0 Å². The van der Waals surface area contributed by atoms with Gasteiger partial charge in [-0.2, -0.15) is 0 Å². The molecule has 0 aliphatic carbocycles. The van der Waals surface area contributed by atoms with Crippen LogP contribution in [0, 0.1) is 12.8 Å². The molecule has 23 heavy (non-hydrogen) atoms. The lowest BCUT2D eigenvalue weighted by atomic mass is 9.94. The maximum absolute atomic E-state index is 12.2. The van der Waals surface area contributed by atoms with Gasteiger partial charge in [-0.05, 0) is 43.4 Å². The third kappa shape index (κ3) is 5.06. The maximum atomic E-state index is 12.2. The summed E-state index contributed by atoms with van der Waals surface area (Å²) >= 11 is 0. The number of Topliss-reactive ketones (excluding diaryl/α,β-unsaturated/α-hetero) is 1. The molecule has 0 radical (unpaired) electrons. The van der Waals surface area contributed by atoms with E-state index in [1.165, 1.54) is 12.5 Å². The first-order valence-corrected chi connectivity index (χ1v) is 7.83. The second-order valence-electron chi connectivity index (χ2n) is 5.72. The van der Waals surface area contributed by atoms with Crippen molar-refractivity contribution in [1.29, 1.82) is 0 Å². The van der Waals surface area contributed by atoms with Crippen LogP contribution in [0.25, 0.3) is 0 Å². The fraction of sp³-hybridized carbons (Fsp3) is 0.300. The van der Waals surface area contributed by atoms with Crippen molar-refractivity contribution in [2.45, 2.75) is 33.3 Å². The molecule has 1 unspecified atom stereocenters. The summed E-state index contributed by atoms with van der Waals surface area (Å²) in [7, 11) is 0. The van der Waals surface area contributed by atoms with Crippen LogP contribution in [0.4, 0.5) is 0 Å². The van der Waals surface area contributed by atoms with Crippen molar-refractivity contribution in [3.8, 4) is 0 Å². The molecule has 2 aromatic carbocycles. The van der Waals surface area contributed by atoms with Crippen LogP contribution in [-0.2, 0) is 27.4 Å². The fourth-order valence-electron chi connectivity index (χ4n) is 2.51. The number of ketones is 1. The summed E-state index contributed by atoms with van der Waals surface area (Å²) in [6.07, 6.45) is 1.17. The van der Waals surface area contributed by atoms with E-state index in [1.807, 2.05) is 61.5 Å². The van der Waals surface area contributed by atoms with E-state index in [0.29, 0.717) is 12.8 Å². The molecule has 0 fully saturated rings. The standard InChI is InChI=1S/C20H22O3/c1-15-8-6-7-11-18(15)12-13-19(16(2)21)20(22)23-14-17-9-4-3-5-10-17/h3-11,19H,12-14H2,1-2H3. The molecule has 0 spiro atoms. The van der Waals surface area contributed by atoms with Crippen LogP contribution in [0.1, 0.15) is 30.0 Å². The molecular weight excluding hydrogens is 288 g/mol. The predicted molar refractivity (Wildman–Crippen MR) is 89.9 cm³/mol. The van der Waals surface area contributed by atoms with Gasteiger partial charge in [0.1, 0.15) is 18.3 Å². The van der Waals surface area contributed by atoms with Crippen LogP contribution in [0.3, 0.4) is 0 Å². The molecule has 2 rings (SSSR count). The Morgan fingerprint density at radius 2 is 1.65 bits per heavy atom. The fourth-order valence-corrected chi connectivity index (χ4v) is 2.51. The number of rotatable bonds is 7. The molecule has 0 saturated heterocycles. The van der Waals surface area contributed by atoms with Gasteiger partial charge in [0.2, 0.25) is 0 Å². The lowest BCUT2D eigenvalue weighted by Gasteiger charge is -2.14. The first-order valence-electron chi connectivity index (χ1n) is 7.83. The van der Waals surface area contributed by atoms with E-state index >= 15 is 0 Å². The summed E-state index contributed by atoms with van der Waals surface area (Å²) in [6.45, 7) is 3.69. The van der Waals surface area contributed by atoms with Gasteiger partial charge in [-0.1, -0.05) is 54.6 Å². The quantitative estimate of drug-likeness (QED) is 0.576. The average Bonchev–Trinajstić information content (AvgIpc) is 2.55. The zero-order chi connectivity index (χ0) is 16.7. The number of carbonyl (C=O) groups excluding carboxylic acids is 2. The first-order chi connectivity index (χ1) is 11.1. The summed E-state index contributed by atoms with van der Waals surface area (Å²) in [6, 6.07) is 17.5. The third-order valence-electron chi connectivity index (χ3n) is 3.96. The van der Waals surface area contributed by atoms with Gasteiger partial charge in [-0.15, -0.1) is 0 Å². The highest BCUT2D eigenvalue weighted by molar-refractivity contribution is 5.97. The first kappa shape index (κ1) is 16.9. The second kappa shape index (κ2) is 8.28. The number of ether oxygens (including phenoxy) is 1. The van der Waals surface area contributed by atoms with E-state index in [2.05, 4.69) is 0 Å². The molecule has 1 atom stereocenters. The van der Waals surface area contributed by atoms with Crippen LogP contribution in [0.5, 0.6) is 0 Å². The summed E-state index contributed by atoms with van der Waals surface area (Å²) in [4.78, 5) is 24.0. The molecule has 3 nitrogen and oxygen atoms in total. The summed E-state index contributed by atoms with van der Waals surface area (Å²) < 4.78 is 5.31. The number of benzene rings is 2. The van der Waals surface area contributed by atoms with Gasteiger partial charge in [0, 0.05) is 0 Å². The molecule has 3 heteroatoms. The number of hydrogen-bond acceptors (Lipinski definition) is 3. The summed E-state index contributed by atoms with van der Waals surface area (Å²) in [5, 5.41) is 0. The van der Waals surface area contributed by atoms with Gasteiger partial charge in [-0.3, -0.25) is 9.59 Å².